The van der Waals surface area contributed by atoms with Crippen LogP contribution in [-0.4, -0.2) is 6.29 Å². The maximum absolute atomic E-state index is 10.7. The van der Waals surface area contributed by atoms with E-state index in [0.29, 0.717) is 0 Å². The van der Waals surface area contributed by atoms with E-state index in [0.717, 1.165) is 23.1 Å². The molecule has 0 bridgehead atoms. The molecule has 0 spiro atoms. The van der Waals surface area contributed by atoms with Gasteiger partial charge in [-0.1, -0.05) is 13.0 Å². The van der Waals surface area contributed by atoms with Gasteiger partial charge in [-0.25, -0.2) is 0 Å². The average Bonchev–Trinajstić information content (AvgIpc) is 2.04. The van der Waals surface area contributed by atoms with Crippen LogP contribution in [0.1, 0.15) is 34.7 Å². The Labute approximate surface area is 79.8 Å². The summed E-state index contributed by atoms with van der Waals surface area (Å²) in [5, 5.41) is 0. The van der Waals surface area contributed by atoms with Gasteiger partial charge in [0.15, 0.2) is 0 Å². The third-order valence-corrected chi connectivity index (χ3v) is 2.59. The number of hydrogen-bond acceptors (Lipinski definition) is 1. The first-order chi connectivity index (χ1) is 6.11. The van der Waals surface area contributed by atoms with Gasteiger partial charge in [0.25, 0.3) is 0 Å². The summed E-state index contributed by atoms with van der Waals surface area (Å²) in [6, 6.07) is 2.06. The number of carbonyl (C=O) groups excluding carboxylic acids is 1. The highest BCUT2D eigenvalue weighted by atomic mass is 16.1. The largest absolute Gasteiger partial charge is 0.285 e. The number of hydrogen-bond donors (Lipinski definition) is 0. The van der Waals surface area contributed by atoms with E-state index < -0.39 is 0 Å². The van der Waals surface area contributed by atoms with Gasteiger partial charge in [-0.3, -0.25) is 4.79 Å². The Bertz CT molecular complexity index is 337. The van der Waals surface area contributed by atoms with E-state index in [1.54, 1.807) is 0 Å². The van der Waals surface area contributed by atoms with Gasteiger partial charge in [-0.05, 0) is 49.4 Å². The molecule has 0 saturated heterocycles. The van der Waals surface area contributed by atoms with Gasteiger partial charge in [-0.15, -0.1) is 0 Å². The number of benzene rings is 1. The van der Waals surface area contributed by atoms with Crippen molar-refractivity contribution in [2.75, 3.05) is 0 Å². The maximum atomic E-state index is 10.7. The Balaban J connectivity index is 3.47. The summed E-state index contributed by atoms with van der Waals surface area (Å²) < 4.78 is 0. The Morgan fingerprint density at radius 3 is 2.31 bits per heavy atom. The molecule has 1 aromatic rings. The Morgan fingerprint density at radius 2 is 1.85 bits per heavy atom. The molecule has 0 N–H and O–H groups in total. The first kappa shape index (κ1) is 9.97. The van der Waals surface area contributed by atoms with Gasteiger partial charge in [-0.2, -0.15) is 0 Å². The van der Waals surface area contributed by atoms with E-state index in [4.69, 9.17) is 0 Å². The Morgan fingerprint density at radius 1 is 1.23 bits per heavy atom. The minimum absolute atomic E-state index is 0.738. The second-order valence-electron chi connectivity index (χ2n) is 3.44. The Kier molecular flexibility index (Phi) is 2.86. The van der Waals surface area contributed by atoms with E-state index >= 15 is 0 Å². The lowest BCUT2D eigenvalue weighted by Crippen LogP contribution is -2.00. The second-order valence-corrected chi connectivity index (χ2v) is 3.44. The quantitative estimate of drug-likeness (QED) is 0.675. The predicted octanol–water partition coefficient (Wildman–Crippen LogP) is 2.63. The molecular formula is C12H15O. The lowest BCUT2D eigenvalue weighted by atomic mass is 9.93. The van der Waals surface area contributed by atoms with Crippen LogP contribution in [0.4, 0.5) is 0 Å². The SMILES string of the molecule is CCc1c(C)cc(C)c([C]=O)c1C. The summed E-state index contributed by atoms with van der Waals surface area (Å²) in [6.07, 6.45) is 2.99. The molecule has 1 nitrogen and oxygen atoms in total. The van der Waals surface area contributed by atoms with E-state index in [1.165, 1.54) is 11.1 Å². The molecule has 0 aromatic heterocycles. The van der Waals surface area contributed by atoms with Crippen LogP contribution < -0.4 is 0 Å². The zero-order valence-corrected chi connectivity index (χ0v) is 8.69. The van der Waals surface area contributed by atoms with Crippen molar-refractivity contribution in [1.29, 1.82) is 0 Å². The summed E-state index contributed by atoms with van der Waals surface area (Å²) in [6.45, 7) is 8.16. The highest BCUT2D eigenvalue weighted by Gasteiger charge is 2.08. The highest BCUT2D eigenvalue weighted by molar-refractivity contribution is 5.81. The van der Waals surface area contributed by atoms with Crippen molar-refractivity contribution in [1.82, 2.24) is 0 Å². The van der Waals surface area contributed by atoms with Crippen LogP contribution in [0, 0.1) is 20.8 Å². The van der Waals surface area contributed by atoms with Gasteiger partial charge in [0.05, 0.1) is 0 Å². The molecule has 0 aliphatic heterocycles. The molecule has 0 atom stereocenters. The van der Waals surface area contributed by atoms with Crippen molar-refractivity contribution >= 4 is 6.29 Å². The fourth-order valence-electron chi connectivity index (χ4n) is 1.93. The summed E-state index contributed by atoms with van der Waals surface area (Å²) in [5.74, 6) is 0. The predicted molar refractivity (Wildman–Crippen MR) is 54.8 cm³/mol. The van der Waals surface area contributed by atoms with Crippen LogP contribution in [0.15, 0.2) is 6.07 Å². The average molecular weight is 175 g/mol. The van der Waals surface area contributed by atoms with Crippen molar-refractivity contribution in [3.63, 3.8) is 0 Å². The van der Waals surface area contributed by atoms with Crippen LogP contribution in [0.5, 0.6) is 0 Å². The van der Waals surface area contributed by atoms with E-state index in [9.17, 15) is 4.79 Å². The van der Waals surface area contributed by atoms with Crippen molar-refractivity contribution in [2.45, 2.75) is 34.1 Å². The van der Waals surface area contributed by atoms with Crippen LogP contribution in [-0.2, 0) is 11.2 Å². The van der Waals surface area contributed by atoms with Crippen molar-refractivity contribution in [3.05, 3.63) is 33.9 Å². The molecule has 0 aliphatic carbocycles. The fraction of sp³-hybridized carbons (Fsp3) is 0.417. The van der Waals surface area contributed by atoms with E-state index in [-0.39, 0.29) is 0 Å². The monoisotopic (exact) mass is 175 g/mol. The lowest BCUT2D eigenvalue weighted by Gasteiger charge is -2.11. The zero-order chi connectivity index (χ0) is 10.0. The summed E-state index contributed by atoms with van der Waals surface area (Å²) >= 11 is 0. The molecule has 0 heterocycles. The topological polar surface area (TPSA) is 17.1 Å². The third kappa shape index (κ3) is 1.64. The first-order valence-corrected chi connectivity index (χ1v) is 4.59. The van der Waals surface area contributed by atoms with Crippen molar-refractivity contribution in [3.8, 4) is 0 Å². The van der Waals surface area contributed by atoms with Gasteiger partial charge >= 0.3 is 0 Å². The summed E-state index contributed by atoms with van der Waals surface area (Å²) in [5.41, 5.74) is 5.42. The standard InChI is InChI=1S/C12H15O/c1-5-11-8(2)6-9(3)12(7-13)10(11)4/h6H,5H2,1-4H3. The second kappa shape index (κ2) is 3.73. The highest BCUT2D eigenvalue weighted by Crippen LogP contribution is 2.20. The van der Waals surface area contributed by atoms with Crippen LogP contribution in [0.25, 0.3) is 0 Å². The molecule has 0 amide bonds. The normalized spacial score (nSPS) is 10.2. The molecule has 1 heteroatoms. The molecule has 0 unspecified atom stereocenters. The molecule has 1 radical (unpaired) electrons. The zero-order valence-electron chi connectivity index (χ0n) is 8.69. The van der Waals surface area contributed by atoms with Crippen molar-refractivity contribution < 1.29 is 4.79 Å². The molecule has 13 heavy (non-hydrogen) atoms. The minimum Gasteiger partial charge on any atom is -0.285 e. The summed E-state index contributed by atoms with van der Waals surface area (Å²) in [7, 11) is 0. The summed E-state index contributed by atoms with van der Waals surface area (Å²) in [4.78, 5) is 10.7. The first-order valence-electron chi connectivity index (χ1n) is 4.59. The molecule has 0 fully saturated rings. The number of aryl methyl sites for hydroxylation is 2. The smallest absolute Gasteiger partial charge is 0.234 e. The third-order valence-electron chi connectivity index (χ3n) is 2.59. The molecule has 1 aromatic carbocycles. The van der Waals surface area contributed by atoms with E-state index in [1.807, 2.05) is 20.1 Å². The van der Waals surface area contributed by atoms with Gasteiger partial charge in [0, 0.05) is 5.56 Å². The van der Waals surface area contributed by atoms with Crippen LogP contribution in [0.2, 0.25) is 0 Å². The van der Waals surface area contributed by atoms with Crippen molar-refractivity contribution in [2.24, 2.45) is 0 Å². The molecule has 1 rings (SSSR count). The molecule has 0 saturated carbocycles. The van der Waals surface area contributed by atoms with Crippen LogP contribution in [0.3, 0.4) is 0 Å². The van der Waals surface area contributed by atoms with Crippen LogP contribution >= 0.6 is 0 Å². The lowest BCUT2D eigenvalue weighted by molar-refractivity contribution is 0.562. The Hall–Kier alpha value is -1.11. The minimum atomic E-state index is 0.738. The molecule has 69 valence electrons. The number of rotatable bonds is 2. The molecular weight excluding hydrogens is 160 g/mol. The van der Waals surface area contributed by atoms with Gasteiger partial charge in [0.1, 0.15) is 0 Å². The maximum Gasteiger partial charge on any atom is 0.234 e. The van der Waals surface area contributed by atoms with Gasteiger partial charge < -0.3 is 0 Å². The van der Waals surface area contributed by atoms with Gasteiger partial charge in [0.2, 0.25) is 6.29 Å². The fourth-order valence-corrected chi connectivity index (χ4v) is 1.93. The molecule has 0 aliphatic rings. The van der Waals surface area contributed by atoms with E-state index in [2.05, 4.69) is 19.9 Å².